The lowest BCUT2D eigenvalue weighted by molar-refractivity contribution is -0.133. The van der Waals surface area contributed by atoms with Gasteiger partial charge in [0, 0.05) is 46.8 Å². The molecule has 0 N–H and O–H groups in total. The molecule has 2 rings (SSSR count). The average molecular weight is 311 g/mol. The molecular formula is C16H23F2N3O. The SMILES string of the molecule is CN1CCN(Cc2ccc(F)c(F)c2)C[C@H](C(=O)N(C)C)C1. The number of hydrogen-bond donors (Lipinski definition) is 0. The molecule has 122 valence electrons. The summed E-state index contributed by atoms with van der Waals surface area (Å²) in [6, 6.07) is 3.97. The van der Waals surface area contributed by atoms with E-state index in [0.29, 0.717) is 19.6 Å². The van der Waals surface area contributed by atoms with Crippen LogP contribution in [-0.2, 0) is 11.3 Å². The first-order valence-electron chi connectivity index (χ1n) is 7.43. The fourth-order valence-corrected chi connectivity index (χ4v) is 2.80. The molecule has 0 saturated carbocycles. The van der Waals surface area contributed by atoms with E-state index in [0.717, 1.165) is 24.7 Å². The van der Waals surface area contributed by atoms with Crippen LogP contribution in [0.25, 0.3) is 0 Å². The number of carbonyl (C=O) groups is 1. The number of likely N-dealkylation sites (N-methyl/N-ethyl adjacent to an activating group) is 1. The molecule has 6 heteroatoms. The first-order chi connectivity index (χ1) is 10.4. The highest BCUT2D eigenvalue weighted by molar-refractivity contribution is 5.78. The van der Waals surface area contributed by atoms with Gasteiger partial charge in [-0.15, -0.1) is 0 Å². The topological polar surface area (TPSA) is 26.8 Å². The summed E-state index contributed by atoms with van der Waals surface area (Å²) >= 11 is 0. The summed E-state index contributed by atoms with van der Waals surface area (Å²) in [4.78, 5) is 18.1. The highest BCUT2D eigenvalue weighted by atomic mass is 19.2. The van der Waals surface area contributed by atoms with Crippen LogP contribution in [0.15, 0.2) is 18.2 Å². The van der Waals surface area contributed by atoms with Crippen LogP contribution >= 0.6 is 0 Å². The van der Waals surface area contributed by atoms with Gasteiger partial charge >= 0.3 is 0 Å². The quantitative estimate of drug-likeness (QED) is 0.845. The van der Waals surface area contributed by atoms with Crippen LogP contribution in [-0.4, -0.2) is 67.9 Å². The largest absolute Gasteiger partial charge is 0.348 e. The molecule has 0 unspecified atom stereocenters. The number of nitrogens with zero attached hydrogens (tertiary/aromatic N) is 3. The van der Waals surface area contributed by atoms with E-state index in [2.05, 4.69) is 9.80 Å². The minimum absolute atomic E-state index is 0.101. The van der Waals surface area contributed by atoms with E-state index in [9.17, 15) is 13.6 Å². The molecule has 1 aliphatic heterocycles. The lowest BCUT2D eigenvalue weighted by Gasteiger charge is -2.25. The zero-order valence-corrected chi connectivity index (χ0v) is 13.4. The fraction of sp³-hybridized carbons (Fsp3) is 0.562. The van der Waals surface area contributed by atoms with Crippen LogP contribution in [0.2, 0.25) is 0 Å². The molecule has 1 amide bonds. The van der Waals surface area contributed by atoms with E-state index < -0.39 is 11.6 Å². The van der Waals surface area contributed by atoms with Crippen molar-refractivity contribution in [2.45, 2.75) is 6.54 Å². The lowest BCUT2D eigenvalue weighted by atomic mass is 10.1. The molecule has 0 aromatic heterocycles. The van der Waals surface area contributed by atoms with Gasteiger partial charge in [0.2, 0.25) is 5.91 Å². The summed E-state index contributed by atoms with van der Waals surface area (Å²) in [7, 11) is 5.51. The van der Waals surface area contributed by atoms with E-state index in [4.69, 9.17) is 0 Å². The second-order valence-electron chi connectivity index (χ2n) is 6.18. The molecule has 1 saturated heterocycles. The molecular weight excluding hydrogens is 288 g/mol. The fourth-order valence-electron chi connectivity index (χ4n) is 2.80. The molecule has 4 nitrogen and oxygen atoms in total. The van der Waals surface area contributed by atoms with Crippen molar-refractivity contribution in [2.75, 3.05) is 47.3 Å². The summed E-state index contributed by atoms with van der Waals surface area (Å²) in [5.41, 5.74) is 0.722. The normalized spacial score (nSPS) is 20.7. The predicted molar refractivity (Wildman–Crippen MR) is 81.3 cm³/mol. The van der Waals surface area contributed by atoms with Gasteiger partial charge in [0.25, 0.3) is 0 Å². The van der Waals surface area contributed by atoms with Gasteiger partial charge in [-0.25, -0.2) is 8.78 Å². The van der Waals surface area contributed by atoms with E-state index in [1.165, 1.54) is 6.07 Å². The maximum Gasteiger partial charge on any atom is 0.227 e. The van der Waals surface area contributed by atoms with Crippen molar-refractivity contribution in [3.05, 3.63) is 35.4 Å². The van der Waals surface area contributed by atoms with Gasteiger partial charge in [0.05, 0.1) is 5.92 Å². The maximum atomic E-state index is 13.3. The van der Waals surface area contributed by atoms with Crippen LogP contribution in [0.1, 0.15) is 5.56 Å². The number of benzene rings is 1. The zero-order valence-electron chi connectivity index (χ0n) is 13.4. The van der Waals surface area contributed by atoms with E-state index in [-0.39, 0.29) is 11.8 Å². The number of halogens is 2. The molecule has 0 radical (unpaired) electrons. The summed E-state index contributed by atoms with van der Waals surface area (Å²) < 4.78 is 26.3. The molecule has 0 bridgehead atoms. The van der Waals surface area contributed by atoms with Gasteiger partial charge in [0.1, 0.15) is 0 Å². The Bertz CT molecular complexity index is 536. The highest BCUT2D eigenvalue weighted by Gasteiger charge is 2.27. The van der Waals surface area contributed by atoms with Crippen molar-refractivity contribution in [3.8, 4) is 0 Å². The summed E-state index contributed by atoms with van der Waals surface area (Å²) in [5.74, 6) is -1.66. The van der Waals surface area contributed by atoms with Crippen LogP contribution < -0.4 is 0 Å². The molecule has 1 heterocycles. The van der Waals surface area contributed by atoms with Gasteiger partial charge in [0.15, 0.2) is 11.6 Å². The molecule has 1 aliphatic rings. The van der Waals surface area contributed by atoms with Crippen molar-refractivity contribution in [2.24, 2.45) is 5.92 Å². The number of amides is 1. The van der Waals surface area contributed by atoms with Crippen LogP contribution in [0, 0.1) is 17.6 Å². The van der Waals surface area contributed by atoms with E-state index in [1.807, 2.05) is 7.05 Å². The van der Waals surface area contributed by atoms with Crippen LogP contribution in [0.3, 0.4) is 0 Å². The third-order valence-corrected chi connectivity index (χ3v) is 3.99. The molecule has 1 aromatic rings. The molecule has 22 heavy (non-hydrogen) atoms. The third-order valence-electron chi connectivity index (χ3n) is 3.99. The second kappa shape index (κ2) is 7.15. The zero-order chi connectivity index (χ0) is 16.3. The molecule has 0 aliphatic carbocycles. The molecule has 1 aromatic carbocycles. The molecule has 1 fully saturated rings. The third kappa shape index (κ3) is 4.24. The van der Waals surface area contributed by atoms with Gasteiger partial charge in [-0.05, 0) is 24.7 Å². The van der Waals surface area contributed by atoms with E-state index >= 15 is 0 Å². The standard InChI is InChI=1S/C16H23F2N3O/c1-19(2)16(22)13-10-20(3)6-7-21(11-13)9-12-4-5-14(17)15(18)8-12/h4-5,8,13H,6-7,9-11H2,1-3H3/t13-/m1/s1. The first-order valence-corrected chi connectivity index (χ1v) is 7.43. The van der Waals surface area contributed by atoms with Gasteiger partial charge in [-0.1, -0.05) is 6.07 Å². The van der Waals surface area contributed by atoms with Crippen molar-refractivity contribution in [1.82, 2.24) is 14.7 Å². The Morgan fingerprint density at radius 3 is 2.59 bits per heavy atom. The first kappa shape index (κ1) is 16.8. The van der Waals surface area contributed by atoms with Crippen LogP contribution in [0.4, 0.5) is 8.78 Å². The highest BCUT2D eigenvalue weighted by Crippen LogP contribution is 2.15. The second-order valence-corrected chi connectivity index (χ2v) is 6.18. The summed E-state index contributed by atoms with van der Waals surface area (Å²) in [6.45, 7) is 3.50. The maximum absolute atomic E-state index is 13.3. The van der Waals surface area contributed by atoms with Crippen LogP contribution in [0.5, 0.6) is 0 Å². The van der Waals surface area contributed by atoms with Gasteiger partial charge in [-0.2, -0.15) is 0 Å². The Kier molecular flexibility index (Phi) is 5.47. The lowest BCUT2D eigenvalue weighted by Crippen LogP contribution is -2.40. The van der Waals surface area contributed by atoms with Crippen molar-refractivity contribution >= 4 is 5.91 Å². The summed E-state index contributed by atoms with van der Waals surface area (Å²) in [6.07, 6.45) is 0. The van der Waals surface area contributed by atoms with E-state index in [1.54, 1.807) is 25.1 Å². The smallest absolute Gasteiger partial charge is 0.227 e. The monoisotopic (exact) mass is 311 g/mol. The van der Waals surface area contributed by atoms with Crippen molar-refractivity contribution in [3.63, 3.8) is 0 Å². The Balaban J connectivity index is 2.08. The molecule has 0 spiro atoms. The number of rotatable bonds is 3. The van der Waals surface area contributed by atoms with Crippen molar-refractivity contribution in [1.29, 1.82) is 0 Å². The minimum atomic E-state index is -0.833. The summed E-state index contributed by atoms with van der Waals surface area (Å²) in [5, 5.41) is 0. The van der Waals surface area contributed by atoms with Gasteiger partial charge < -0.3 is 9.80 Å². The Labute approximate surface area is 130 Å². The average Bonchev–Trinajstić information content (AvgIpc) is 2.64. The number of carbonyl (C=O) groups excluding carboxylic acids is 1. The Morgan fingerprint density at radius 2 is 1.95 bits per heavy atom. The number of hydrogen-bond acceptors (Lipinski definition) is 3. The predicted octanol–water partition coefficient (Wildman–Crippen LogP) is 1.42. The Morgan fingerprint density at radius 1 is 1.23 bits per heavy atom. The van der Waals surface area contributed by atoms with Crippen molar-refractivity contribution < 1.29 is 13.6 Å². The van der Waals surface area contributed by atoms with Gasteiger partial charge in [-0.3, -0.25) is 9.69 Å². The minimum Gasteiger partial charge on any atom is -0.348 e. The molecule has 1 atom stereocenters. The Hall–Kier alpha value is -1.53.